The van der Waals surface area contributed by atoms with Gasteiger partial charge in [0.1, 0.15) is 10.6 Å². The van der Waals surface area contributed by atoms with Crippen molar-refractivity contribution in [1.29, 1.82) is 0 Å². The average molecular weight is 312 g/mol. The van der Waals surface area contributed by atoms with E-state index in [1.807, 2.05) is 0 Å². The Morgan fingerprint density at radius 1 is 1.38 bits per heavy atom. The fourth-order valence-electron chi connectivity index (χ4n) is 2.55. The highest BCUT2D eigenvalue weighted by Crippen LogP contribution is 2.32. The van der Waals surface area contributed by atoms with Crippen molar-refractivity contribution in [2.75, 3.05) is 50.0 Å². The van der Waals surface area contributed by atoms with Gasteiger partial charge < -0.3 is 15.4 Å². The third-order valence-electron chi connectivity index (χ3n) is 3.46. The monoisotopic (exact) mass is 312 g/mol. The summed E-state index contributed by atoms with van der Waals surface area (Å²) in [4.78, 5) is 16.7. The number of rotatable bonds is 5. The lowest BCUT2D eigenvalue weighted by atomic mass is 10.2. The molecule has 1 aliphatic heterocycles. The van der Waals surface area contributed by atoms with Crippen LogP contribution in [0.25, 0.3) is 0 Å². The van der Waals surface area contributed by atoms with Gasteiger partial charge in [0.25, 0.3) is 0 Å². The van der Waals surface area contributed by atoms with E-state index in [4.69, 9.17) is 10.5 Å². The van der Waals surface area contributed by atoms with E-state index in [-0.39, 0.29) is 11.8 Å². The molecule has 0 radical (unpaired) electrons. The number of ether oxygens (including phenoxy) is 1. The van der Waals surface area contributed by atoms with E-state index in [0.29, 0.717) is 18.1 Å². The van der Waals surface area contributed by atoms with Crippen molar-refractivity contribution in [3.63, 3.8) is 0 Å². The Hall–Kier alpha value is -1.34. The number of aromatic nitrogens is 1. The topological polar surface area (TPSA) is 71.7 Å². The van der Waals surface area contributed by atoms with Gasteiger partial charge in [0.05, 0.1) is 6.61 Å². The Balaban J connectivity index is 2.05. The number of hydrogen-bond acceptors (Lipinski definition) is 7. The molecule has 0 spiro atoms. The fourth-order valence-corrected chi connectivity index (χ4v) is 3.41. The van der Waals surface area contributed by atoms with Crippen LogP contribution in [0.2, 0.25) is 0 Å². The molecule has 7 heteroatoms. The summed E-state index contributed by atoms with van der Waals surface area (Å²) in [6.07, 6.45) is 0. The smallest absolute Gasteiger partial charge is 0.345 e. The van der Waals surface area contributed by atoms with Crippen molar-refractivity contribution < 1.29 is 9.53 Å². The SMILES string of the molecule is CCOC(=O)c1c(N)nsc1N1CCN(CC(C)C)CC1. The molecule has 1 fully saturated rings. The molecular weight excluding hydrogens is 288 g/mol. The maximum absolute atomic E-state index is 12.0. The lowest BCUT2D eigenvalue weighted by molar-refractivity contribution is 0.0528. The molecule has 2 N–H and O–H groups in total. The van der Waals surface area contributed by atoms with Crippen molar-refractivity contribution in [1.82, 2.24) is 9.27 Å². The predicted octanol–water partition coefficient (Wildman–Crippen LogP) is 1.68. The predicted molar refractivity (Wildman–Crippen MR) is 86.0 cm³/mol. The first-order valence-corrected chi connectivity index (χ1v) is 8.19. The molecule has 1 aromatic heterocycles. The Morgan fingerprint density at radius 3 is 2.62 bits per heavy atom. The van der Waals surface area contributed by atoms with Gasteiger partial charge in [0.2, 0.25) is 0 Å². The molecule has 0 unspecified atom stereocenters. The van der Waals surface area contributed by atoms with Crippen LogP contribution in [0.4, 0.5) is 10.8 Å². The number of esters is 1. The average Bonchev–Trinajstić information content (AvgIpc) is 2.81. The van der Waals surface area contributed by atoms with E-state index in [0.717, 1.165) is 37.7 Å². The number of nitrogens with two attached hydrogens (primary N) is 1. The van der Waals surface area contributed by atoms with Gasteiger partial charge in [-0.2, -0.15) is 4.37 Å². The van der Waals surface area contributed by atoms with E-state index < -0.39 is 0 Å². The van der Waals surface area contributed by atoms with Gasteiger partial charge in [-0.25, -0.2) is 4.79 Å². The maximum Gasteiger partial charge on any atom is 0.345 e. The quantitative estimate of drug-likeness (QED) is 0.834. The summed E-state index contributed by atoms with van der Waals surface area (Å²) in [6.45, 7) is 11.5. The Labute approximate surface area is 130 Å². The van der Waals surface area contributed by atoms with Gasteiger partial charge >= 0.3 is 5.97 Å². The summed E-state index contributed by atoms with van der Waals surface area (Å²) < 4.78 is 9.21. The van der Waals surface area contributed by atoms with Crippen LogP contribution < -0.4 is 10.6 Å². The summed E-state index contributed by atoms with van der Waals surface area (Å²) in [6, 6.07) is 0. The number of carbonyl (C=O) groups excluding carboxylic acids is 1. The van der Waals surface area contributed by atoms with E-state index in [2.05, 4.69) is 28.0 Å². The minimum Gasteiger partial charge on any atom is -0.462 e. The second-order valence-electron chi connectivity index (χ2n) is 5.65. The van der Waals surface area contributed by atoms with Gasteiger partial charge in [0, 0.05) is 32.7 Å². The lowest BCUT2D eigenvalue weighted by Gasteiger charge is -2.36. The Morgan fingerprint density at radius 2 is 2.05 bits per heavy atom. The van der Waals surface area contributed by atoms with Crippen LogP contribution in [0, 0.1) is 5.92 Å². The summed E-state index contributed by atoms with van der Waals surface area (Å²) in [5.41, 5.74) is 6.26. The molecular formula is C14H24N4O2S. The molecule has 2 rings (SSSR count). The molecule has 1 saturated heterocycles. The van der Waals surface area contributed by atoms with Crippen molar-refractivity contribution in [2.24, 2.45) is 5.92 Å². The number of carbonyl (C=O) groups is 1. The highest BCUT2D eigenvalue weighted by Gasteiger charge is 2.27. The second-order valence-corrected chi connectivity index (χ2v) is 6.40. The molecule has 0 atom stereocenters. The maximum atomic E-state index is 12.0. The summed E-state index contributed by atoms with van der Waals surface area (Å²) >= 11 is 1.28. The van der Waals surface area contributed by atoms with Crippen LogP contribution in [-0.2, 0) is 4.74 Å². The van der Waals surface area contributed by atoms with Crippen LogP contribution in [0.15, 0.2) is 0 Å². The van der Waals surface area contributed by atoms with Gasteiger partial charge in [-0.15, -0.1) is 0 Å². The molecule has 0 amide bonds. The largest absolute Gasteiger partial charge is 0.462 e. The summed E-state index contributed by atoms with van der Waals surface area (Å²) in [5, 5.41) is 0.843. The zero-order valence-corrected chi connectivity index (χ0v) is 13.8. The van der Waals surface area contributed by atoms with Gasteiger partial charge in [-0.1, -0.05) is 13.8 Å². The number of nitrogen functional groups attached to an aromatic ring is 1. The zero-order chi connectivity index (χ0) is 15.4. The molecule has 118 valence electrons. The summed E-state index contributed by atoms with van der Waals surface area (Å²) in [7, 11) is 0. The first-order chi connectivity index (χ1) is 10.0. The number of anilines is 2. The highest BCUT2D eigenvalue weighted by molar-refractivity contribution is 7.11. The van der Waals surface area contributed by atoms with Gasteiger partial charge in [-0.05, 0) is 24.4 Å². The van der Waals surface area contributed by atoms with Crippen LogP contribution in [0.5, 0.6) is 0 Å². The van der Waals surface area contributed by atoms with Crippen molar-refractivity contribution >= 4 is 28.3 Å². The van der Waals surface area contributed by atoms with Gasteiger partial charge in [0.15, 0.2) is 5.82 Å². The van der Waals surface area contributed by atoms with E-state index in [1.54, 1.807) is 6.92 Å². The third-order valence-corrected chi connectivity index (χ3v) is 4.39. The van der Waals surface area contributed by atoms with E-state index in [1.165, 1.54) is 11.5 Å². The van der Waals surface area contributed by atoms with E-state index in [9.17, 15) is 4.79 Å². The molecule has 0 bridgehead atoms. The standard InChI is InChI=1S/C14H24N4O2S/c1-4-20-14(19)11-12(15)16-21-13(11)18-7-5-17(6-8-18)9-10(2)3/h10H,4-9H2,1-3H3,(H2,15,16). The minimum atomic E-state index is -0.372. The number of hydrogen-bond donors (Lipinski definition) is 1. The molecule has 0 aromatic carbocycles. The zero-order valence-electron chi connectivity index (χ0n) is 13.0. The van der Waals surface area contributed by atoms with Crippen molar-refractivity contribution in [3.05, 3.63) is 5.56 Å². The second kappa shape index (κ2) is 7.09. The molecule has 0 saturated carbocycles. The van der Waals surface area contributed by atoms with Crippen LogP contribution in [-0.4, -0.2) is 54.6 Å². The molecule has 0 aliphatic carbocycles. The first kappa shape index (κ1) is 16.0. The summed E-state index contributed by atoms with van der Waals surface area (Å²) in [5.74, 6) is 0.576. The highest BCUT2D eigenvalue weighted by atomic mass is 32.1. The molecule has 2 heterocycles. The molecule has 1 aliphatic rings. The van der Waals surface area contributed by atoms with E-state index >= 15 is 0 Å². The Bertz CT molecular complexity index is 481. The van der Waals surface area contributed by atoms with Crippen molar-refractivity contribution in [3.8, 4) is 0 Å². The normalized spacial score (nSPS) is 16.5. The Kier molecular flexibility index (Phi) is 5.41. The minimum absolute atomic E-state index is 0.276. The fraction of sp³-hybridized carbons (Fsp3) is 0.714. The number of piperazine rings is 1. The van der Waals surface area contributed by atoms with Crippen LogP contribution in [0.1, 0.15) is 31.1 Å². The van der Waals surface area contributed by atoms with Crippen molar-refractivity contribution in [2.45, 2.75) is 20.8 Å². The third kappa shape index (κ3) is 3.85. The van der Waals surface area contributed by atoms with Crippen LogP contribution in [0.3, 0.4) is 0 Å². The first-order valence-electron chi connectivity index (χ1n) is 7.42. The molecule has 1 aromatic rings. The van der Waals surface area contributed by atoms with Crippen LogP contribution >= 0.6 is 11.5 Å². The molecule has 6 nitrogen and oxygen atoms in total. The number of nitrogens with zero attached hydrogens (tertiary/aromatic N) is 3. The molecule has 21 heavy (non-hydrogen) atoms. The lowest BCUT2D eigenvalue weighted by Crippen LogP contribution is -2.47. The van der Waals surface area contributed by atoms with Gasteiger partial charge in [-0.3, -0.25) is 4.90 Å².